The Bertz CT molecular complexity index is 683. The molecule has 8 N–H and O–H groups in total. The zero-order chi connectivity index (χ0) is 20.6. The number of nitrogens with two attached hydrogens (primary N) is 3. The van der Waals surface area contributed by atoms with E-state index in [1.165, 1.54) is 6.07 Å². The Labute approximate surface area is 161 Å². The SMILES string of the molecule is CCCc1cc(/C(=C/NC)CN)c(C(F)F)cc1NC(N)/C(C)=C(\N)CC. The standard InChI is InChI=1S/C20H33F2N5/c1-5-7-13-8-15(14(10-23)11-26-4)16(19(21)22)9-18(13)27-20(25)12(3)17(24)6-2/h8-9,11,19-20,26-27H,5-7,10,23-25H2,1-4H3/b14-11+,17-12-. The zero-order valence-electron chi connectivity index (χ0n) is 16.7. The molecule has 0 heterocycles. The first-order valence-corrected chi connectivity index (χ1v) is 9.29. The third-order valence-electron chi connectivity index (χ3n) is 4.58. The predicted octanol–water partition coefficient (Wildman–Crippen LogP) is 3.44. The quantitative estimate of drug-likeness (QED) is 0.400. The highest BCUT2D eigenvalue weighted by Gasteiger charge is 2.20. The molecular formula is C20H33F2N5. The Kier molecular flexibility index (Phi) is 9.25. The van der Waals surface area contributed by atoms with E-state index >= 15 is 0 Å². The van der Waals surface area contributed by atoms with E-state index in [1.54, 1.807) is 19.3 Å². The molecule has 152 valence electrons. The summed E-state index contributed by atoms with van der Waals surface area (Å²) in [4.78, 5) is 0. The maximum absolute atomic E-state index is 13.8. The van der Waals surface area contributed by atoms with Gasteiger partial charge in [0.2, 0.25) is 0 Å². The lowest BCUT2D eigenvalue weighted by Gasteiger charge is -2.23. The number of nitrogens with one attached hydrogen (secondary N) is 2. The van der Waals surface area contributed by atoms with Crippen LogP contribution < -0.4 is 27.8 Å². The second kappa shape index (κ2) is 10.9. The second-order valence-corrected chi connectivity index (χ2v) is 6.49. The van der Waals surface area contributed by atoms with Gasteiger partial charge in [-0.1, -0.05) is 20.3 Å². The fourth-order valence-electron chi connectivity index (χ4n) is 2.91. The summed E-state index contributed by atoms with van der Waals surface area (Å²) < 4.78 is 27.5. The molecule has 1 rings (SSSR count). The van der Waals surface area contributed by atoms with Crippen LogP contribution in [0.5, 0.6) is 0 Å². The number of benzene rings is 1. The highest BCUT2D eigenvalue weighted by molar-refractivity contribution is 5.73. The lowest BCUT2D eigenvalue weighted by Crippen LogP contribution is -2.33. The molecule has 1 aromatic carbocycles. The van der Waals surface area contributed by atoms with E-state index in [1.807, 2.05) is 20.8 Å². The normalized spacial score (nSPS) is 14.2. The molecule has 1 aromatic rings. The van der Waals surface area contributed by atoms with E-state index in [4.69, 9.17) is 17.2 Å². The Hall–Kier alpha value is -2.12. The van der Waals surface area contributed by atoms with Gasteiger partial charge in [-0.15, -0.1) is 0 Å². The summed E-state index contributed by atoms with van der Waals surface area (Å²) in [6.07, 6.45) is 0.769. The molecule has 27 heavy (non-hydrogen) atoms. The van der Waals surface area contributed by atoms with Crippen molar-refractivity contribution in [3.05, 3.63) is 46.3 Å². The number of hydrogen-bond donors (Lipinski definition) is 5. The number of alkyl halides is 2. The largest absolute Gasteiger partial charge is 0.402 e. The number of anilines is 1. The molecule has 0 spiro atoms. The van der Waals surface area contributed by atoms with Crippen LogP contribution in [0.25, 0.3) is 5.57 Å². The maximum Gasteiger partial charge on any atom is 0.264 e. The Morgan fingerprint density at radius 3 is 2.41 bits per heavy atom. The highest BCUT2D eigenvalue weighted by Crippen LogP contribution is 2.34. The van der Waals surface area contributed by atoms with E-state index in [-0.39, 0.29) is 12.1 Å². The fourth-order valence-corrected chi connectivity index (χ4v) is 2.91. The molecule has 0 saturated heterocycles. The first-order chi connectivity index (χ1) is 12.8. The van der Waals surface area contributed by atoms with Crippen molar-refractivity contribution in [3.63, 3.8) is 0 Å². The van der Waals surface area contributed by atoms with Gasteiger partial charge in [0.1, 0.15) is 0 Å². The fraction of sp³-hybridized carbons (Fsp3) is 0.500. The first-order valence-electron chi connectivity index (χ1n) is 9.29. The van der Waals surface area contributed by atoms with Gasteiger partial charge < -0.3 is 27.8 Å². The van der Waals surface area contributed by atoms with Crippen LogP contribution in [-0.4, -0.2) is 19.8 Å². The van der Waals surface area contributed by atoms with Gasteiger partial charge in [0.15, 0.2) is 0 Å². The first kappa shape index (κ1) is 22.9. The molecule has 1 unspecified atom stereocenters. The number of hydrogen-bond acceptors (Lipinski definition) is 5. The highest BCUT2D eigenvalue weighted by atomic mass is 19.3. The van der Waals surface area contributed by atoms with Crippen LogP contribution in [0.2, 0.25) is 0 Å². The topological polar surface area (TPSA) is 102 Å². The molecule has 0 bridgehead atoms. The van der Waals surface area contributed by atoms with Gasteiger partial charge in [-0.05, 0) is 54.2 Å². The van der Waals surface area contributed by atoms with Crippen LogP contribution in [0, 0.1) is 0 Å². The van der Waals surface area contributed by atoms with Crippen LogP contribution in [0.1, 0.15) is 56.7 Å². The van der Waals surface area contributed by atoms with Crippen molar-refractivity contribution in [2.24, 2.45) is 17.2 Å². The lowest BCUT2D eigenvalue weighted by molar-refractivity contribution is 0.151. The zero-order valence-corrected chi connectivity index (χ0v) is 16.7. The summed E-state index contributed by atoms with van der Waals surface area (Å²) in [5.41, 5.74) is 22.0. The summed E-state index contributed by atoms with van der Waals surface area (Å²) in [7, 11) is 1.72. The maximum atomic E-state index is 13.8. The Balaban J connectivity index is 3.48. The average molecular weight is 382 g/mol. The number of allylic oxidation sites excluding steroid dienone is 1. The average Bonchev–Trinajstić information content (AvgIpc) is 2.65. The van der Waals surface area contributed by atoms with E-state index in [2.05, 4.69) is 10.6 Å². The third-order valence-corrected chi connectivity index (χ3v) is 4.58. The van der Waals surface area contributed by atoms with Crippen LogP contribution >= 0.6 is 0 Å². The molecule has 0 aliphatic heterocycles. The van der Waals surface area contributed by atoms with E-state index in [0.29, 0.717) is 28.9 Å². The smallest absolute Gasteiger partial charge is 0.264 e. The molecule has 7 heteroatoms. The van der Waals surface area contributed by atoms with Crippen molar-refractivity contribution in [2.75, 3.05) is 18.9 Å². The van der Waals surface area contributed by atoms with Crippen molar-refractivity contribution in [2.45, 2.75) is 52.6 Å². The van der Waals surface area contributed by atoms with Crippen LogP contribution in [-0.2, 0) is 6.42 Å². The van der Waals surface area contributed by atoms with Crippen molar-refractivity contribution in [3.8, 4) is 0 Å². The molecule has 0 radical (unpaired) electrons. The molecule has 1 atom stereocenters. The molecule has 0 aliphatic rings. The Morgan fingerprint density at radius 1 is 1.26 bits per heavy atom. The van der Waals surface area contributed by atoms with Gasteiger partial charge in [-0.2, -0.15) is 0 Å². The van der Waals surface area contributed by atoms with Gasteiger partial charge in [0.05, 0.1) is 6.17 Å². The molecular weight excluding hydrogens is 348 g/mol. The number of halogens is 2. The molecule has 0 fully saturated rings. The summed E-state index contributed by atoms with van der Waals surface area (Å²) >= 11 is 0. The summed E-state index contributed by atoms with van der Waals surface area (Å²) in [5.74, 6) is 0. The van der Waals surface area contributed by atoms with Crippen molar-refractivity contribution >= 4 is 11.3 Å². The third kappa shape index (κ3) is 5.94. The Morgan fingerprint density at radius 2 is 1.93 bits per heavy atom. The summed E-state index contributed by atoms with van der Waals surface area (Å²) in [6, 6.07) is 3.28. The summed E-state index contributed by atoms with van der Waals surface area (Å²) in [6.45, 7) is 5.99. The molecule has 0 saturated carbocycles. The lowest BCUT2D eigenvalue weighted by atomic mass is 9.94. The van der Waals surface area contributed by atoms with Gasteiger partial charge >= 0.3 is 0 Å². The van der Waals surface area contributed by atoms with Gasteiger partial charge in [0, 0.05) is 36.7 Å². The monoisotopic (exact) mass is 381 g/mol. The number of aryl methyl sites for hydroxylation is 1. The van der Waals surface area contributed by atoms with E-state index < -0.39 is 12.6 Å². The molecule has 0 aliphatic carbocycles. The number of rotatable bonds is 10. The van der Waals surface area contributed by atoms with E-state index in [0.717, 1.165) is 24.0 Å². The molecule has 0 amide bonds. The molecule has 5 nitrogen and oxygen atoms in total. The van der Waals surface area contributed by atoms with Gasteiger partial charge in [0.25, 0.3) is 6.43 Å². The van der Waals surface area contributed by atoms with Crippen LogP contribution in [0.3, 0.4) is 0 Å². The van der Waals surface area contributed by atoms with Gasteiger partial charge in [-0.25, -0.2) is 8.78 Å². The minimum absolute atomic E-state index is 0.0680. The predicted molar refractivity (Wildman–Crippen MR) is 110 cm³/mol. The van der Waals surface area contributed by atoms with Crippen LogP contribution in [0.15, 0.2) is 29.6 Å². The minimum Gasteiger partial charge on any atom is -0.402 e. The van der Waals surface area contributed by atoms with Crippen LogP contribution in [0.4, 0.5) is 14.5 Å². The second-order valence-electron chi connectivity index (χ2n) is 6.49. The van der Waals surface area contributed by atoms with Crippen molar-refractivity contribution in [1.29, 1.82) is 0 Å². The van der Waals surface area contributed by atoms with E-state index in [9.17, 15) is 8.78 Å². The van der Waals surface area contributed by atoms with Gasteiger partial charge in [-0.3, -0.25) is 0 Å². The van der Waals surface area contributed by atoms with Crippen molar-refractivity contribution < 1.29 is 8.78 Å². The molecule has 0 aromatic heterocycles. The summed E-state index contributed by atoms with van der Waals surface area (Å²) in [5, 5.41) is 6.03. The van der Waals surface area contributed by atoms with Crippen molar-refractivity contribution in [1.82, 2.24) is 5.32 Å². The minimum atomic E-state index is -2.63.